The van der Waals surface area contributed by atoms with Gasteiger partial charge < -0.3 is 4.57 Å². The Morgan fingerprint density at radius 1 is 0.362 bits per heavy atom. The summed E-state index contributed by atoms with van der Waals surface area (Å²) in [6.45, 7) is 0. The molecule has 0 radical (unpaired) electrons. The number of pyridine rings is 1. The van der Waals surface area contributed by atoms with Crippen LogP contribution in [-0.2, 0) is 0 Å². The first-order valence-electron chi connectivity index (χ1n) is 16.1. The molecular weight excluding hydrogens is 569 g/mol. The van der Waals surface area contributed by atoms with E-state index in [4.69, 9.17) is 0 Å². The van der Waals surface area contributed by atoms with Crippen molar-refractivity contribution in [2.24, 2.45) is 0 Å². The summed E-state index contributed by atoms with van der Waals surface area (Å²) < 4.78 is 2.40. The standard InChI is InChI=1S/C45H28N2/c1-3-13-42-38(11-1)39-12-2-4-14-43(39)47(42)35-10-6-9-34(28-35)37-20-16-31-17-21-40-36(19-15-30-18-22-41(37)45(31)44(30)40)33-8-5-7-32(27-33)29-23-25-46-26-24-29/h1-28H. The van der Waals surface area contributed by atoms with Gasteiger partial charge >= 0.3 is 0 Å². The minimum absolute atomic E-state index is 1.17. The minimum Gasteiger partial charge on any atom is -0.309 e. The molecule has 0 saturated carbocycles. The fraction of sp³-hybridized carbons (Fsp3) is 0. The maximum Gasteiger partial charge on any atom is 0.0541 e. The molecule has 0 fully saturated rings. The van der Waals surface area contributed by atoms with E-state index in [0.717, 1.165) is 0 Å². The van der Waals surface area contributed by atoms with Crippen LogP contribution in [0.15, 0.2) is 170 Å². The average Bonchev–Trinajstić information content (AvgIpc) is 3.48. The Labute approximate surface area is 272 Å². The van der Waals surface area contributed by atoms with E-state index < -0.39 is 0 Å². The summed E-state index contributed by atoms with van der Waals surface area (Å²) in [6.07, 6.45) is 3.71. The fourth-order valence-electron chi connectivity index (χ4n) is 7.73. The molecule has 0 spiro atoms. The Kier molecular flexibility index (Phi) is 5.61. The monoisotopic (exact) mass is 596 g/mol. The van der Waals surface area contributed by atoms with E-state index in [-0.39, 0.29) is 0 Å². The van der Waals surface area contributed by atoms with Crippen molar-refractivity contribution in [2.75, 3.05) is 0 Å². The van der Waals surface area contributed by atoms with Crippen molar-refractivity contribution in [2.45, 2.75) is 0 Å². The van der Waals surface area contributed by atoms with Gasteiger partial charge in [-0.25, -0.2) is 0 Å². The van der Waals surface area contributed by atoms with E-state index in [0.29, 0.717) is 0 Å². The Bertz CT molecular complexity index is 2730. The highest BCUT2D eigenvalue weighted by Crippen LogP contribution is 2.43. The summed E-state index contributed by atoms with van der Waals surface area (Å²) in [4.78, 5) is 4.21. The maximum atomic E-state index is 4.21. The molecule has 10 aromatic rings. The quantitative estimate of drug-likeness (QED) is 0.185. The predicted molar refractivity (Wildman–Crippen MR) is 199 cm³/mol. The molecular formula is C45H28N2. The van der Waals surface area contributed by atoms with Crippen LogP contribution < -0.4 is 0 Å². The third-order valence-corrected chi connectivity index (χ3v) is 9.85. The number of fused-ring (bicyclic) bond motifs is 3. The van der Waals surface area contributed by atoms with Crippen LogP contribution in [0.25, 0.3) is 93.2 Å². The summed E-state index contributed by atoms with van der Waals surface area (Å²) in [6, 6.07) is 57.8. The first kappa shape index (κ1) is 26.0. The van der Waals surface area contributed by atoms with Crippen LogP contribution in [0.4, 0.5) is 0 Å². The third-order valence-electron chi connectivity index (χ3n) is 9.85. The lowest BCUT2D eigenvalue weighted by molar-refractivity contribution is 1.18. The maximum absolute atomic E-state index is 4.21. The normalized spacial score (nSPS) is 11.8. The zero-order chi connectivity index (χ0) is 30.9. The lowest BCUT2D eigenvalue weighted by Gasteiger charge is -2.17. The van der Waals surface area contributed by atoms with Crippen molar-refractivity contribution in [1.82, 2.24) is 9.55 Å². The fourth-order valence-corrected chi connectivity index (χ4v) is 7.73. The van der Waals surface area contributed by atoms with Crippen LogP contribution in [0.3, 0.4) is 0 Å². The SMILES string of the molecule is c1cc(-c2ccncc2)cc(-c2ccc3ccc4c(-c5cccc(-n6c7ccccc7c7ccccc76)c5)ccc5ccc2c3c54)c1. The second kappa shape index (κ2) is 10.1. The van der Waals surface area contributed by atoms with Crippen molar-refractivity contribution >= 4 is 54.1 Å². The smallest absolute Gasteiger partial charge is 0.0541 e. The number of rotatable bonds is 4. The molecule has 0 bridgehead atoms. The van der Waals surface area contributed by atoms with E-state index in [9.17, 15) is 0 Å². The number of hydrogen-bond acceptors (Lipinski definition) is 1. The van der Waals surface area contributed by atoms with Gasteiger partial charge in [0.2, 0.25) is 0 Å². The molecule has 2 nitrogen and oxygen atoms in total. The van der Waals surface area contributed by atoms with E-state index >= 15 is 0 Å². The van der Waals surface area contributed by atoms with Gasteiger partial charge in [-0.3, -0.25) is 4.98 Å². The van der Waals surface area contributed by atoms with Crippen molar-refractivity contribution in [1.29, 1.82) is 0 Å². The van der Waals surface area contributed by atoms with Crippen LogP contribution >= 0.6 is 0 Å². The van der Waals surface area contributed by atoms with Gasteiger partial charge in [-0.15, -0.1) is 0 Å². The number of para-hydroxylation sites is 2. The molecule has 0 atom stereocenters. The van der Waals surface area contributed by atoms with Gasteiger partial charge in [-0.2, -0.15) is 0 Å². The molecule has 0 saturated heterocycles. The van der Waals surface area contributed by atoms with Crippen LogP contribution in [0, 0.1) is 0 Å². The van der Waals surface area contributed by atoms with E-state index in [1.165, 1.54) is 93.2 Å². The summed E-state index contributed by atoms with van der Waals surface area (Å²) in [5.41, 5.74) is 10.9. The lowest BCUT2D eigenvalue weighted by Crippen LogP contribution is -1.94. The van der Waals surface area contributed by atoms with E-state index in [1.54, 1.807) is 0 Å². The Balaban J connectivity index is 1.17. The zero-order valence-corrected chi connectivity index (χ0v) is 25.6. The summed E-state index contributed by atoms with van der Waals surface area (Å²) >= 11 is 0. The molecule has 0 amide bonds. The highest BCUT2D eigenvalue weighted by Gasteiger charge is 2.17. The molecule has 0 aliphatic carbocycles. The van der Waals surface area contributed by atoms with Gasteiger partial charge in [0.15, 0.2) is 0 Å². The number of hydrogen-bond donors (Lipinski definition) is 0. The molecule has 47 heavy (non-hydrogen) atoms. The Hall–Kier alpha value is -6.25. The summed E-state index contributed by atoms with van der Waals surface area (Å²) in [5, 5.41) is 10.3. The Morgan fingerprint density at radius 3 is 1.53 bits per heavy atom. The van der Waals surface area contributed by atoms with Gasteiger partial charge in [0, 0.05) is 28.9 Å². The van der Waals surface area contributed by atoms with Crippen molar-refractivity contribution < 1.29 is 0 Å². The molecule has 0 aliphatic rings. The molecule has 2 heterocycles. The molecule has 2 heteroatoms. The van der Waals surface area contributed by atoms with Gasteiger partial charge in [0.05, 0.1) is 11.0 Å². The van der Waals surface area contributed by atoms with Gasteiger partial charge in [-0.05, 0) is 108 Å². The molecule has 218 valence electrons. The van der Waals surface area contributed by atoms with Crippen LogP contribution in [0.2, 0.25) is 0 Å². The van der Waals surface area contributed by atoms with Gasteiger partial charge in [0.25, 0.3) is 0 Å². The van der Waals surface area contributed by atoms with Crippen LogP contribution in [0.1, 0.15) is 0 Å². The first-order valence-corrected chi connectivity index (χ1v) is 16.1. The summed E-state index contributed by atoms with van der Waals surface area (Å²) in [5.74, 6) is 0. The number of nitrogens with zero attached hydrogens (tertiary/aromatic N) is 2. The van der Waals surface area contributed by atoms with Crippen LogP contribution in [0.5, 0.6) is 0 Å². The number of aromatic nitrogens is 2. The molecule has 10 rings (SSSR count). The molecule has 0 unspecified atom stereocenters. The highest BCUT2D eigenvalue weighted by atomic mass is 15.0. The van der Waals surface area contributed by atoms with E-state index in [1.807, 2.05) is 12.4 Å². The average molecular weight is 597 g/mol. The zero-order valence-electron chi connectivity index (χ0n) is 25.6. The molecule has 2 aromatic heterocycles. The second-order valence-electron chi connectivity index (χ2n) is 12.4. The second-order valence-corrected chi connectivity index (χ2v) is 12.4. The minimum atomic E-state index is 1.17. The van der Waals surface area contributed by atoms with E-state index in [2.05, 4.69) is 167 Å². The van der Waals surface area contributed by atoms with Crippen molar-refractivity contribution in [3.63, 3.8) is 0 Å². The van der Waals surface area contributed by atoms with Gasteiger partial charge in [0.1, 0.15) is 0 Å². The summed E-state index contributed by atoms with van der Waals surface area (Å²) in [7, 11) is 0. The third kappa shape index (κ3) is 3.95. The highest BCUT2D eigenvalue weighted by molar-refractivity contribution is 6.27. The topological polar surface area (TPSA) is 17.8 Å². The van der Waals surface area contributed by atoms with Crippen molar-refractivity contribution in [3.8, 4) is 39.1 Å². The van der Waals surface area contributed by atoms with Crippen molar-refractivity contribution in [3.05, 3.63) is 170 Å². The van der Waals surface area contributed by atoms with Crippen LogP contribution in [-0.4, -0.2) is 9.55 Å². The largest absolute Gasteiger partial charge is 0.309 e. The first-order chi connectivity index (χ1) is 23.3. The molecule has 0 N–H and O–H groups in total. The Morgan fingerprint density at radius 2 is 0.894 bits per heavy atom. The predicted octanol–water partition coefficient (Wildman–Crippen LogP) is 12.1. The number of benzene rings is 8. The van der Waals surface area contributed by atoms with Gasteiger partial charge in [-0.1, -0.05) is 115 Å². The lowest BCUT2D eigenvalue weighted by atomic mass is 9.87. The molecule has 8 aromatic carbocycles. The molecule has 0 aliphatic heterocycles.